The van der Waals surface area contributed by atoms with Gasteiger partial charge in [0.15, 0.2) is 0 Å². The monoisotopic (exact) mass is 469 g/mol. The summed E-state index contributed by atoms with van der Waals surface area (Å²) in [5.41, 5.74) is 2.66. The molecule has 1 heterocycles. The van der Waals surface area contributed by atoms with Crippen molar-refractivity contribution >= 4 is 34.8 Å². The van der Waals surface area contributed by atoms with Crippen molar-refractivity contribution in [2.45, 2.75) is 39.8 Å². The second-order valence-electron chi connectivity index (χ2n) is 7.74. The lowest BCUT2D eigenvalue weighted by atomic mass is 10.0. The average molecular weight is 470 g/mol. The van der Waals surface area contributed by atoms with Gasteiger partial charge in [0.2, 0.25) is 0 Å². The molecule has 1 amide bonds. The van der Waals surface area contributed by atoms with Gasteiger partial charge in [0, 0.05) is 5.56 Å². The molecular weight excluding hydrogens is 442 g/mol. The molecule has 3 aromatic rings. The number of hydrogen-bond acceptors (Lipinski definition) is 7. The van der Waals surface area contributed by atoms with Crippen LogP contribution < -0.4 is 15.7 Å². The molecule has 1 N–H and O–H groups in total. The highest BCUT2D eigenvalue weighted by atomic mass is 32.2. The van der Waals surface area contributed by atoms with Crippen LogP contribution in [0.2, 0.25) is 0 Å². The Morgan fingerprint density at radius 3 is 2.52 bits per heavy atom. The third-order valence-corrected chi connectivity index (χ3v) is 5.91. The van der Waals surface area contributed by atoms with E-state index in [1.165, 1.54) is 0 Å². The Morgan fingerprint density at radius 2 is 1.82 bits per heavy atom. The van der Waals surface area contributed by atoms with Crippen LogP contribution in [-0.4, -0.2) is 30.1 Å². The number of nitrogens with one attached hydrogen (secondary N) is 1. The van der Waals surface area contributed by atoms with E-state index in [2.05, 4.69) is 5.32 Å². The van der Waals surface area contributed by atoms with Crippen molar-refractivity contribution in [3.05, 3.63) is 75.1 Å². The standard InChI is InChI=1S/C25H27NO6S/c1-15-12-20-22(16(2)17(3)23(27)31-20)21(13-15)32-24(28)19(10-11-33-4)26-25(29)30-14-18-8-6-5-7-9-18/h5-9,12-13,19H,10-11,14H2,1-4H3,(H,26,29). The van der Waals surface area contributed by atoms with Crippen molar-refractivity contribution < 1.29 is 23.5 Å². The number of alkyl carbamates (subject to hydrolysis) is 1. The lowest BCUT2D eigenvalue weighted by molar-refractivity contribution is -0.136. The molecule has 0 saturated heterocycles. The minimum atomic E-state index is -0.895. The fraction of sp³-hybridized carbons (Fsp3) is 0.320. The average Bonchev–Trinajstić information content (AvgIpc) is 2.79. The molecule has 0 saturated carbocycles. The van der Waals surface area contributed by atoms with Gasteiger partial charge in [0.1, 0.15) is 24.0 Å². The van der Waals surface area contributed by atoms with Crippen LogP contribution in [0.4, 0.5) is 4.79 Å². The predicted octanol–water partition coefficient (Wildman–Crippen LogP) is 4.67. The van der Waals surface area contributed by atoms with E-state index < -0.39 is 23.7 Å². The zero-order chi connectivity index (χ0) is 24.0. The Kier molecular flexibility index (Phi) is 8.16. The van der Waals surface area contributed by atoms with Crippen molar-refractivity contribution in [3.8, 4) is 5.75 Å². The molecule has 33 heavy (non-hydrogen) atoms. The molecule has 8 heteroatoms. The van der Waals surface area contributed by atoms with Crippen LogP contribution in [0.5, 0.6) is 5.75 Å². The number of benzene rings is 2. The number of carbonyl (C=O) groups is 2. The molecule has 0 radical (unpaired) electrons. The van der Waals surface area contributed by atoms with Crippen molar-refractivity contribution in [2.75, 3.05) is 12.0 Å². The van der Waals surface area contributed by atoms with Gasteiger partial charge >= 0.3 is 17.7 Å². The summed E-state index contributed by atoms with van der Waals surface area (Å²) in [7, 11) is 0. The molecule has 0 aliphatic carbocycles. The summed E-state index contributed by atoms with van der Waals surface area (Å²) >= 11 is 1.55. The molecule has 0 fully saturated rings. The Hall–Kier alpha value is -3.26. The minimum absolute atomic E-state index is 0.0942. The Morgan fingerprint density at radius 1 is 1.09 bits per heavy atom. The predicted molar refractivity (Wildman–Crippen MR) is 129 cm³/mol. The van der Waals surface area contributed by atoms with Crippen LogP contribution >= 0.6 is 11.8 Å². The first-order chi connectivity index (χ1) is 15.8. The van der Waals surface area contributed by atoms with Gasteiger partial charge in [-0.3, -0.25) is 0 Å². The second-order valence-corrected chi connectivity index (χ2v) is 8.72. The van der Waals surface area contributed by atoms with Gasteiger partial charge in [0.05, 0.1) is 5.39 Å². The van der Waals surface area contributed by atoms with Gasteiger partial charge in [-0.1, -0.05) is 30.3 Å². The lowest BCUT2D eigenvalue weighted by Crippen LogP contribution is -2.43. The lowest BCUT2D eigenvalue weighted by Gasteiger charge is -2.18. The topological polar surface area (TPSA) is 94.8 Å². The highest BCUT2D eigenvalue weighted by molar-refractivity contribution is 7.98. The van der Waals surface area contributed by atoms with Crippen LogP contribution in [0.3, 0.4) is 0 Å². The fourth-order valence-electron chi connectivity index (χ4n) is 3.34. The Bertz CT molecular complexity index is 1200. The second kappa shape index (κ2) is 11.0. The fourth-order valence-corrected chi connectivity index (χ4v) is 3.81. The first-order valence-electron chi connectivity index (χ1n) is 10.5. The smallest absolute Gasteiger partial charge is 0.408 e. The quantitative estimate of drug-likeness (QED) is 0.291. The van der Waals surface area contributed by atoms with Crippen LogP contribution in [0, 0.1) is 20.8 Å². The van der Waals surface area contributed by atoms with Crippen molar-refractivity contribution in [3.63, 3.8) is 0 Å². The van der Waals surface area contributed by atoms with E-state index in [9.17, 15) is 14.4 Å². The van der Waals surface area contributed by atoms with E-state index in [0.717, 1.165) is 11.1 Å². The summed E-state index contributed by atoms with van der Waals surface area (Å²) in [6.45, 7) is 5.36. The van der Waals surface area contributed by atoms with Crippen molar-refractivity contribution in [1.82, 2.24) is 5.32 Å². The number of thioether (sulfide) groups is 1. The maximum atomic E-state index is 13.1. The summed E-state index contributed by atoms with van der Waals surface area (Å²) in [5, 5.41) is 3.17. The number of hydrogen-bond donors (Lipinski definition) is 1. The molecule has 0 bridgehead atoms. The van der Waals surface area contributed by atoms with Gasteiger partial charge in [0.25, 0.3) is 0 Å². The summed E-state index contributed by atoms with van der Waals surface area (Å²) in [4.78, 5) is 37.5. The number of esters is 1. The zero-order valence-corrected chi connectivity index (χ0v) is 19.9. The van der Waals surface area contributed by atoms with E-state index in [4.69, 9.17) is 13.9 Å². The molecule has 1 unspecified atom stereocenters. The number of fused-ring (bicyclic) bond motifs is 1. The third-order valence-electron chi connectivity index (χ3n) is 5.27. The molecule has 7 nitrogen and oxygen atoms in total. The van der Waals surface area contributed by atoms with E-state index in [0.29, 0.717) is 34.3 Å². The van der Waals surface area contributed by atoms with Gasteiger partial charge < -0.3 is 19.2 Å². The van der Waals surface area contributed by atoms with E-state index >= 15 is 0 Å². The highest BCUT2D eigenvalue weighted by Gasteiger charge is 2.25. The molecule has 0 spiro atoms. The number of rotatable bonds is 8. The molecule has 2 aromatic carbocycles. The van der Waals surface area contributed by atoms with Crippen molar-refractivity contribution in [2.24, 2.45) is 0 Å². The number of ether oxygens (including phenoxy) is 2. The molecule has 3 rings (SSSR count). The van der Waals surface area contributed by atoms with Gasteiger partial charge in [-0.15, -0.1) is 0 Å². The van der Waals surface area contributed by atoms with Gasteiger partial charge in [-0.2, -0.15) is 11.8 Å². The summed E-state index contributed by atoms with van der Waals surface area (Å²) in [6.07, 6.45) is 1.59. The molecule has 0 aliphatic heterocycles. The summed E-state index contributed by atoms with van der Waals surface area (Å²) < 4.78 is 16.4. The SMILES string of the molecule is CSCCC(NC(=O)OCc1ccccc1)C(=O)Oc1cc(C)cc2oc(=O)c(C)c(C)c12. The van der Waals surface area contributed by atoms with E-state index in [1.54, 1.807) is 37.7 Å². The van der Waals surface area contributed by atoms with Crippen molar-refractivity contribution in [1.29, 1.82) is 0 Å². The maximum Gasteiger partial charge on any atom is 0.408 e. The molecule has 1 aromatic heterocycles. The normalized spacial score (nSPS) is 11.8. The largest absolute Gasteiger partial charge is 0.445 e. The molecule has 174 valence electrons. The highest BCUT2D eigenvalue weighted by Crippen LogP contribution is 2.31. The molecular formula is C25H27NO6S. The van der Waals surface area contributed by atoms with Gasteiger partial charge in [-0.05, 0) is 68.0 Å². The Labute approximate surface area is 196 Å². The van der Waals surface area contributed by atoms with Crippen LogP contribution in [-0.2, 0) is 16.1 Å². The van der Waals surface area contributed by atoms with Crippen LogP contribution in [0.1, 0.15) is 28.7 Å². The van der Waals surface area contributed by atoms with Crippen LogP contribution in [0.25, 0.3) is 11.0 Å². The first kappa shape index (κ1) is 24.4. The Balaban J connectivity index is 1.80. The summed E-state index contributed by atoms with van der Waals surface area (Å²) in [6, 6.07) is 11.8. The number of carbonyl (C=O) groups excluding carboxylic acids is 2. The molecule has 0 aliphatic rings. The van der Waals surface area contributed by atoms with Crippen LogP contribution in [0.15, 0.2) is 51.7 Å². The number of amides is 1. The van der Waals surface area contributed by atoms with E-state index in [-0.39, 0.29) is 12.4 Å². The van der Waals surface area contributed by atoms with E-state index in [1.807, 2.05) is 43.5 Å². The third kappa shape index (κ3) is 6.16. The number of aryl methyl sites for hydroxylation is 2. The van der Waals surface area contributed by atoms with Gasteiger partial charge in [-0.25, -0.2) is 14.4 Å². The first-order valence-corrected chi connectivity index (χ1v) is 11.9. The summed E-state index contributed by atoms with van der Waals surface area (Å²) in [5.74, 6) is 0.309. The minimum Gasteiger partial charge on any atom is -0.445 e. The molecule has 1 atom stereocenters. The zero-order valence-electron chi connectivity index (χ0n) is 19.1. The maximum absolute atomic E-state index is 13.1.